The van der Waals surface area contributed by atoms with Gasteiger partial charge in [0, 0.05) is 13.1 Å². The molecular weight excluding hydrogens is 262 g/mol. The van der Waals surface area contributed by atoms with Gasteiger partial charge in [-0.25, -0.2) is 4.79 Å². The number of esters is 1. The van der Waals surface area contributed by atoms with Crippen LogP contribution in [0.5, 0.6) is 0 Å². The third kappa shape index (κ3) is 3.59. The molecule has 1 N–H and O–H groups in total. The number of rotatable bonds is 5. The predicted octanol–water partition coefficient (Wildman–Crippen LogP) is 1.04. The first-order chi connectivity index (χ1) is 9.63. The molecule has 0 bridgehead atoms. The number of aliphatic hydroxyl groups excluding tert-OH is 1. The SMILES string of the molecule is CCOC(=O)c1ccoc1CN1CC(C)OC(CO)C1. The number of carbonyl (C=O) groups is 1. The predicted molar refractivity (Wildman–Crippen MR) is 71.4 cm³/mol. The van der Waals surface area contributed by atoms with Crippen molar-refractivity contribution in [3.8, 4) is 0 Å². The van der Waals surface area contributed by atoms with E-state index in [9.17, 15) is 9.90 Å². The maximum absolute atomic E-state index is 11.8. The molecule has 2 rings (SSSR count). The highest BCUT2D eigenvalue weighted by molar-refractivity contribution is 5.90. The summed E-state index contributed by atoms with van der Waals surface area (Å²) in [6.07, 6.45) is 1.34. The Morgan fingerprint density at radius 3 is 3.05 bits per heavy atom. The van der Waals surface area contributed by atoms with Crippen LogP contribution in [0, 0.1) is 0 Å². The van der Waals surface area contributed by atoms with Gasteiger partial charge in [-0.15, -0.1) is 0 Å². The molecule has 1 aromatic rings. The summed E-state index contributed by atoms with van der Waals surface area (Å²) in [5, 5.41) is 9.22. The zero-order valence-electron chi connectivity index (χ0n) is 11.9. The molecule has 2 unspecified atom stereocenters. The molecule has 0 aromatic carbocycles. The Balaban J connectivity index is 2.02. The van der Waals surface area contributed by atoms with Gasteiger partial charge in [-0.1, -0.05) is 0 Å². The van der Waals surface area contributed by atoms with Crippen LogP contribution in [0.4, 0.5) is 0 Å². The normalized spacial score (nSPS) is 23.8. The van der Waals surface area contributed by atoms with Crippen molar-refractivity contribution in [1.29, 1.82) is 0 Å². The molecule has 6 nitrogen and oxygen atoms in total. The molecule has 2 heterocycles. The van der Waals surface area contributed by atoms with Crippen molar-refractivity contribution in [2.24, 2.45) is 0 Å². The van der Waals surface area contributed by atoms with Crippen molar-refractivity contribution >= 4 is 5.97 Å². The van der Waals surface area contributed by atoms with Crippen LogP contribution >= 0.6 is 0 Å². The van der Waals surface area contributed by atoms with Crippen LogP contribution < -0.4 is 0 Å². The first-order valence-electron chi connectivity index (χ1n) is 6.86. The van der Waals surface area contributed by atoms with Crippen LogP contribution in [0.2, 0.25) is 0 Å². The van der Waals surface area contributed by atoms with Crippen molar-refractivity contribution in [2.45, 2.75) is 32.6 Å². The fourth-order valence-corrected chi connectivity index (χ4v) is 2.43. The summed E-state index contributed by atoms with van der Waals surface area (Å²) in [6, 6.07) is 1.63. The summed E-state index contributed by atoms with van der Waals surface area (Å²) in [5.74, 6) is 0.227. The Morgan fingerprint density at radius 1 is 1.55 bits per heavy atom. The Labute approximate surface area is 118 Å². The third-order valence-electron chi connectivity index (χ3n) is 3.21. The average Bonchev–Trinajstić information content (AvgIpc) is 2.86. The molecule has 0 saturated carbocycles. The second kappa shape index (κ2) is 6.88. The van der Waals surface area contributed by atoms with Crippen molar-refractivity contribution < 1.29 is 23.8 Å². The van der Waals surface area contributed by atoms with Crippen LogP contribution in [-0.2, 0) is 16.0 Å². The first-order valence-corrected chi connectivity index (χ1v) is 6.86. The van der Waals surface area contributed by atoms with E-state index in [1.165, 1.54) is 6.26 Å². The van der Waals surface area contributed by atoms with Gasteiger partial charge in [-0.2, -0.15) is 0 Å². The molecule has 1 saturated heterocycles. The summed E-state index contributed by atoms with van der Waals surface area (Å²) in [6.45, 7) is 5.92. The summed E-state index contributed by atoms with van der Waals surface area (Å²) >= 11 is 0. The quantitative estimate of drug-likeness (QED) is 0.814. The number of nitrogens with zero attached hydrogens (tertiary/aromatic N) is 1. The van der Waals surface area contributed by atoms with Gasteiger partial charge in [0.1, 0.15) is 11.3 Å². The number of hydrogen-bond donors (Lipinski definition) is 1. The highest BCUT2D eigenvalue weighted by atomic mass is 16.5. The van der Waals surface area contributed by atoms with Gasteiger partial charge < -0.3 is 19.0 Å². The van der Waals surface area contributed by atoms with Gasteiger partial charge in [0.2, 0.25) is 0 Å². The largest absolute Gasteiger partial charge is 0.467 e. The molecule has 6 heteroatoms. The maximum atomic E-state index is 11.8. The van der Waals surface area contributed by atoms with Gasteiger partial charge in [-0.3, -0.25) is 4.90 Å². The minimum absolute atomic E-state index is 0.0102. The number of morpholine rings is 1. The Kier molecular flexibility index (Phi) is 5.17. The summed E-state index contributed by atoms with van der Waals surface area (Å²) < 4.78 is 16.0. The first kappa shape index (κ1) is 15.0. The van der Waals surface area contributed by atoms with Gasteiger partial charge in [0.25, 0.3) is 0 Å². The fraction of sp³-hybridized carbons (Fsp3) is 0.643. The second-order valence-electron chi connectivity index (χ2n) is 4.92. The minimum atomic E-state index is -0.365. The zero-order valence-corrected chi connectivity index (χ0v) is 11.9. The van der Waals surface area contributed by atoms with Gasteiger partial charge in [-0.05, 0) is 19.9 Å². The number of furan rings is 1. The fourth-order valence-electron chi connectivity index (χ4n) is 2.43. The molecule has 0 amide bonds. The topological polar surface area (TPSA) is 72.1 Å². The van der Waals surface area contributed by atoms with Gasteiger partial charge in [0.15, 0.2) is 0 Å². The van der Waals surface area contributed by atoms with E-state index in [0.717, 1.165) is 6.54 Å². The molecule has 0 aliphatic carbocycles. The van der Waals surface area contributed by atoms with E-state index < -0.39 is 0 Å². The molecule has 1 aromatic heterocycles. The van der Waals surface area contributed by atoms with Crippen LogP contribution in [0.3, 0.4) is 0 Å². The maximum Gasteiger partial charge on any atom is 0.341 e. The number of ether oxygens (including phenoxy) is 2. The van der Waals surface area contributed by atoms with E-state index in [2.05, 4.69) is 4.90 Å². The lowest BCUT2D eigenvalue weighted by Crippen LogP contribution is -2.47. The number of hydrogen-bond acceptors (Lipinski definition) is 6. The average molecular weight is 283 g/mol. The van der Waals surface area contributed by atoms with Crippen molar-refractivity contribution in [3.63, 3.8) is 0 Å². The highest BCUT2D eigenvalue weighted by Gasteiger charge is 2.27. The second-order valence-corrected chi connectivity index (χ2v) is 4.92. The lowest BCUT2D eigenvalue weighted by Gasteiger charge is -2.35. The van der Waals surface area contributed by atoms with E-state index in [1.54, 1.807) is 13.0 Å². The Hall–Kier alpha value is -1.37. The number of aliphatic hydroxyl groups is 1. The van der Waals surface area contributed by atoms with E-state index in [-0.39, 0.29) is 24.8 Å². The third-order valence-corrected chi connectivity index (χ3v) is 3.21. The Morgan fingerprint density at radius 2 is 2.35 bits per heavy atom. The van der Waals surface area contributed by atoms with Crippen molar-refractivity contribution in [3.05, 3.63) is 23.7 Å². The van der Waals surface area contributed by atoms with Gasteiger partial charge in [0.05, 0.1) is 38.2 Å². The van der Waals surface area contributed by atoms with Crippen LogP contribution in [-0.4, -0.2) is 54.5 Å². The molecule has 2 atom stereocenters. The highest BCUT2D eigenvalue weighted by Crippen LogP contribution is 2.18. The van der Waals surface area contributed by atoms with E-state index in [0.29, 0.717) is 31.0 Å². The lowest BCUT2D eigenvalue weighted by molar-refractivity contribution is -0.0983. The minimum Gasteiger partial charge on any atom is -0.467 e. The van der Waals surface area contributed by atoms with Crippen LogP contribution in [0.25, 0.3) is 0 Å². The standard InChI is InChI=1S/C14H21NO5/c1-3-18-14(17)12-4-5-19-13(12)8-15-6-10(2)20-11(7-15)9-16/h4-5,10-11,16H,3,6-9H2,1-2H3. The molecule has 1 aliphatic rings. The molecule has 0 spiro atoms. The lowest BCUT2D eigenvalue weighted by atomic mass is 10.2. The summed E-state index contributed by atoms with van der Waals surface area (Å²) in [7, 11) is 0. The molecule has 112 valence electrons. The monoisotopic (exact) mass is 283 g/mol. The molecular formula is C14H21NO5. The van der Waals surface area contributed by atoms with E-state index in [4.69, 9.17) is 13.9 Å². The van der Waals surface area contributed by atoms with Gasteiger partial charge >= 0.3 is 5.97 Å². The van der Waals surface area contributed by atoms with Crippen LogP contribution in [0.1, 0.15) is 30.0 Å². The van der Waals surface area contributed by atoms with E-state index >= 15 is 0 Å². The Bertz CT molecular complexity index is 445. The smallest absolute Gasteiger partial charge is 0.341 e. The summed E-state index contributed by atoms with van der Waals surface area (Å²) in [4.78, 5) is 13.9. The molecule has 1 fully saturated rings. The zero-order chi connectivity index (χ0) is 14.5. The number of carbonyl (C=O) groups excluding carboxylic acids is 1. The van der Waals surface area contributed by atoms with Crippen molar-refractivity contribution in [2.75, 3.05) is 26.3 Å². The molecule has 20 heavy (non-hydrogen) atoms. The van der Waals surface area contributed by atoms with Crippen molar-refractivity contribution in [1.82, 2.24) is 4.90 Å². The van der Waals surface area contributed by atoms with Crippen LogP contribution in [0.15, 0.2) is 16.7 Å². The molecule has 1 aliphatic heterocycles. The van der Waals surface area contributed by atoms with E-state index in [1.807, 2.05) is 6.92 Å². The molecule has 0 radical (unpaired) electrons. The summed E-state index contributed by atoms with van der Waals surface area (Å²) in [5.41, 5.74) is 0.464.